The van der Waals surface area contributed by atoms with E-state index < -0.39 is 35.5 Å². The number of likely N-dealkylation sites (tertiary alicyclic amines) is 1. The number of phenolic OH excluding ortho intramolecular Hbond substituents is 2. The van der Waals surface area contributed by atoms with Crippen molar-refractivity contribution in [3.05, 3.63) is 45.6 Å². The minimum atomic E-state index is -0.941. The molecule has 5 rings (SSSR count). The summed E-state index contributed by atoms with van der Waals surface area (Å²) in [4.78, 5) is 54.3. The molecule has 2 aromatic carbocycles. The molecule has 9 atom stereocenters. The number of esters is 1. The van der Waals surface area contributed by atoms with E-state index in [0.717, 1.165) is 26.4 Å². The van der Waals surface area contributed by atoms with E-state index in [1.165, 1.54) is 6.92 Å². The van der Waals surface area contributed by atoms with Crippen LogP contribution in [0.15, 0.2) is 33.8 Å². The lowest BCUT2D eigenvalue weighted by Crippen LogP contribution is -2.40. The topological polar surface area (TPSA) is 191 Å². The summed E-state index contributed by atoms with van der Waals surface area (Å²) < 4.78 is 12.0. The van der Waals surface area contributed by atoms with E-state index in [1.54, 1.807) is 26.8 Å². The van der Waals surface area contributed by atoms with Gasteiger partial charge in [-0.05, 0) is 90.5 Å². The molecule has 3 aliphatic heterocycles. The van der Waals surface area contributed by atoms with Crippen molar-refractivity contribution in [1.82, 2.24) is 4.90 Å². The molecule has 3 heterocycles. The summed E-state index contributed by atoms with van der Waals surface area (Å²) in [7, 11) is 3.15. The van der Waals surface area contributed by atoms with Gasteiger partial charge in [0.05, 0.1) is 29.0 Å². The Morgan fingerprint density at radius 1 is 0.951 bits per heavy atom. The number of Topliss-reactive ketones (excluding diaryl/α,β-unsaturated/α-hetero) is 1. The number of hydrogen-bond donors (Lipinski definition) is 5. The molecule has 0 radical (unpaired) electrons. The number of carbonyl (C=O) groups excluding carboxylic acids is 3. The van der Waals surface area contributed by atoms with Gasteiger partial charge in [0.25, 0.3) is 5.91 Å². The zero-order chi connectivity index (χ0) is 45.5. The summed E-state index contributed by atoms with van der Waals surface area (Å²) in [6.45, 7) is 19.0. The lowest BCUT2D eigenvalue weighted by molar-refractivity contribution is -0.156. The fourth-order valence-corrected chi connectivity index (χ4v) is 9.80. The number of nitrogens with zero attached hydrogens (tertiary/aromatic N) is 3. The molecule has 5 N–H and O–H groups in total. The van der Waals surface area contributed by atoms with Crippen LogP contribution in [0.1, 0.15) is 136 Å². The van der Waals surface area contributed by atoms with Gasteiger partial charge in [-0.15, -0.1) is 0 Å². The molecule has 1 saturated heterocycles. The Labute approximate surface area is 362 Å². The molecule has 1 spiro atoms. The van der Waals surface area contributed by atoms with Crippen molar-refractivity contribution in [3.8, 4) is 17.2 Å². The minimum Gasteiger partial charge on any atom is -0.507 e. The van der Waals surface area contributed by atoms with Crippen molar-refractivity contribution in [1.29, 1.82) is 0 Å². The van der Waals surface area contributed by atoms with Gasteiger partial charge in [-0.2, -0.15) is 0 Å². The van der Waals surface area contributed by atoms with E-state index in [9.17, 15) is 29.7 Å². The summed E-state index contributed by atoms with van der Waals surface area (Å²) in [6, 6.07) is 0.467. The van der Waals surface area contributed by atoms with Crippen LogP contribution in [0.5, 0.6) is 17.2 Å². The second-order valence-electron chi connectivity index (χ2n) is 17.6. The number of carbonyl (C=O) groups is 3. The lowest BCUT2D eigenvalue weighted by atomic mass is 9.79. The van der Waals surface area contributed by atoms with Crippen molar-refractivity contribution in [2.75, 3.05) is 26.1 Å². The van der Waals surface area contributed by atoms with Crippen molar-refractivity contribution in [2.24, 2.45) is 33.7 Å². The Balaban J connectivity index is 0.00000403. The third kappa shape index (κ3) is 10.5. The van der Waals surface area contributed by atoms with Crippen molar-refractivity contribution >= 4 is 34.1 Å². The van der Waals surface area contributed by atoms with Gasteiger partial charge < -0.3 is 40.1 Å². The number of amides is 1. The van der Waals surface area contributed by atoms with Gasteiger partial charge in [0.15, 0.2) is 17.2 Å². The highest BCUT2D eigenvalue weighted by Gasteiger charge is 2.42. The fourth-order valence-electron chi connectivity index (χ4n) is 9.80. The predicted molar refractivity (Wildman–Crippen MR) is 239 cm³/mol. The van der Waals surface area contributed by atoms with Gasteiger partial charge in [0, 0.05) is 61.4 Å². The van der Waals surface area contributed by atoms with Gasteiger partial charge in [0.1, 0.15) is 28.6 Å². The summed E-state index contributed by atoms with van der Waals surface area (Å²) in [5.74, 6) is -2.28. The Morgan fingerprint density at radius 3 is 2.23 bits per heavy atom. The number of allylic oxidation sites excluding steroid dienone is 3. The number of anilines is 1. The zero-order valence-corrected chi connectivity index (χ0v) is 38.6. The third-order valence-corrected chi connectivity index (χ3v) is 13.3. The van der Waals surface area contributed by atoms with E-state index in [0.29, 0.717) is 49.1 Å². The van der Waals surface area contributed by atoms with Crippen LogP contribution in [0.4, 0.5) is 5.69 Å². The second-order valence-corrected chi connectivity index (χ2v) is 17.6. The Bertz CT molecular complexity index is 2120. The Kier molecular flexibility index (Phi) is 17.1. The first kappa shape index (κ1) is 49.3. The first-order valence-corrected chi connectivity index (χ1v) is 22.3. The van der Waals surface area contributed by atoms with Crippen molar-refractivity contribution < 1.29 is 44.3 Å². The van der Waals surface area contributed by atoms with Crippen LogP contribution in [-0.2, 0) is 14.3 Å². The Hall–Kier alpha value is -4.33. The molecular weight excluding hydrogens is 777 g/mol. The van der Waals surface area contributed by atoms with Crippen LogP contribution in [-0.4, -0.2) is 93.7 Å². The summed E-state index contributed by atoms with van der Waals surface area (Å²) in [5, 5.41) is 46.5. The largest absolute Gasteiger partial charge is 0.507 e. The highest BCUT2D eigenvalue weighted by Crippen LogP contribution is 2.46. The third-order valence-electron chi connectivity index (χ3n) is 13.3. The van der Waals surface area contributed by atoms with Crippen LogP contribution in [0.2, 0.25) is 0 Å². The molecule has 2 aromatic rings. The van der Waals surface area contributed by atoms with E-state index in [1.807, 2.05) is 39.8 Å². The van der Waals surface area contributed by atoms with Gasteiger partial charge in [-0.25, -0.2) is 0 Å². The fraction of sp³-hybridized carbons (Fsp3) is 0.646. The van der Waals surface area contributed by atoms with Crippen LogP contribution < -0.4 is 20.8 Å². The SMILES string of the molecule is CCOc1c(C)c(O)c2c(O)c3c4c(c2c1C(=O)CCC[C@@H](C)[C@@H](OC(C)=O)[C@H](C)[C@H](O)[C@H](C)C[C@@H](C)/C=C/C=C(/C)C(=O)N3)=N[C@]1(CC[C@@H](CC)N(C)[C@@H](CC)C1)N=4.CO. The number of aromatic hydroxyl groups is 2. The molecule has 61 heavy (non-hydrogen) atoms. The molecule has 0 aromatic heterocycles. The maximum absolute atomic E-state index is 14.8. The van der Waals surface area contributed by atoms with E-state index in [4.69, 9.17) is 24.6 Å². The molecule has 1 fully saturated rings. The number of phenols is 2. The molecule has 0 unspecified atom stereocenters. The maximum atomic E-state index is 14.8. The average molecular weight is 849 g/mol. The molecule has 13 nitrogen and oxygen atoms in total. The summed E-state index contributed by atoms with van der Waals surface area (Å²) in [6.07, 6.45) is 9.69. The minimum absolute atomic E-state index is 0.00119. The zero-order valence-electron chi connectivity index (χ0n) is 38.6. The van der Waals surface area contributed by atoms with Crippen LogP contribution in [0, 0.1) is 30.6 Å². The van der Waals surface area contributed by atoms with Crippen molar-refractivity contribution in [3.63, 3.8) is 0 Å². The molecule has 1 amide bonds. The Morgan fingerprint density at radius 2 is 1.61 bits per heavy atom. The maximum Gasteiger partial charge on any atom is 0.302 e. The highest BCUT2D eigenvalue weighted by molar-refractivity contribution is 6.16. The predicted octanol–water partition coefficient (Wildman–Crippen LogP) is 7.22. The normalized spacial score (nSPS) is 30.6. The van der Waals surface area contributed by atoms with E-state index in [2.05, 4.69) is 31.1 Å². The molecule has 2 bridgehead atoms. The number of rotatable bonds is 5. The van der Waals surface area contributed by atoms with Gasteiger partial charge >= 0.3 is 5.97 Å². The van der Waals surface area contributed by atoms with Gasteiger partial charge in [0.2, 0.25) is 0 Å². The number of benzene rings is 2. The number of nitrogens with one attached hydrogen (secondary N) is 1. The van der Waals surface area contributed by atoms with Crippen LogP contribution >= 0.6 is 0 Å². The number of hydrogen-bond acceptors (Lipinski definition) is 12. The quantitative estimate of drug-likeness (QED) is 0.152. The lowest BCUT2D eigenvalue weighted by Gasteiger charge is -2.35. The molecular formula is C48H72N4O9. The summed E-state index contributed by atoms with van der Waals surface area (Å²) >= 11 is 0. The summed E-state index contributed by atoms with van der Waals surface area (Å²) in [5.41, 5.74) is -0.0745. The molecule has 3 aliphatic rings. The number of aliphatic hydroxyl groups excluding tert-OH is 2. The van der Waals surface area contributed by atoms with Gasteiger partial charge in [-0.1, -0.05) is 59.8 Å². The standard InChI is InChI=1S/C47H68N4O8.CH4O/c1-12-32-21-22-47(24-33(13-2)51(32)11)49-38-36-35-34(53)20-16-18-26(5)44(59-31(10)52)29(8)41(54)28(7)23-25(4)17-15-19-27(6)46(57)48-40(39(38)50-47)43(56)37(36)42(55)30(9)45(35)58-14-3;1-2/h15,17,19,25-26,28-29,32-33,41,44,54-56H,12-14,16,18,20-24H2,1-11H3,(H,48,57);2H,1H3/b17-15+,27-19-;/t25-,26+,28+,29+,32+,33-,41+,44+,47+;/m0./s1. The monoisotopic (exact) mass is 849 g/mol. The molecule has 0 aliphatic carbocycles. The number of ketones is 1. The van der Waals surface area contributed by atoms with E-state index >= 15 is 0 Å². The van der Waals surface area contributed by atoms with E-state index in [-0.39, 0.29) is 93.0 Å². The highest BCUT2D eigenvalue weighted by atomic mass is 16.5. The average Bonchev–Trinajstić information content (AvgIpc) is 3.54. The first-order chi connectivity index (χ1) is 28.9. The number of ether oxygens (including phenoxy) is 2. The molecule has 0 saturated carbocycles. The molecule has 13 heteroatoms. The second kappa shape index (κ2) is 21.2. The number of aliphatic hydroxyl groups is 2. The van der Waals surface area contributed by atoms with Gasteiger partial charge in [-0.3, -0.25) is 24.4 Å². The smallest absolute Gasteiger partial charge is 0.302 e. The first-order valence-electron chi connectivity index (χ1n) is 22.3. The van der Waals surface area contributed by atoms with Crippen molar-refractivity contribution in [2.45, 2.75) is 157 Å². The van der Waals surface area contributed by atoms with Crippen LogP contribution in [0.25, 0.3) is 10.8 Å². The van der Waals surface area contributed by atoms with Crippen LogP contribution in [0.3, 0.4) is 0 Å². The molecule has 338 valence electrons.